The van der Waals surface area contributed by atoms with Gasteiger partial charge in [0.15, 0.2) is 0 Å². The average Bonchev–Trinajstić information content (AvgIpc) is 2.79. The molecule has 1 amide bonds. The SMILES string of the molecule is CC(C)CC1NC(C)N(CC2(C)CCCS2)C1=O. The van der Waals surface area contributed by atoms with Gasteiger partial charge in [0.25, 0.3) is 0 Å². The Morgan fingerprint density at radius 1 is 1.56 bits per heavy atom. The predicted molar refractivity (Wildman–Crippen MR) is 77.7 cm³/mol. The number of thioether (sulfide) groups is 1. The molecule has 2 fully saturated rings. The first-order valence-electron chi connectivity index (χ1n) is 7.12. The standard InChI is InChI=1S/C14H26N2OS/c1-10(2)8-12-13(17)16(11(3)15-12)9-14(4)6-5-7-18-14/h10-12,15H,5-9H2,1-4H3. The highest BCUT2D eigenvalue weighted by Crippen LogP contribution is 2.39. The molecule has 2 rings (SSSR count). The molecule has 0 bridgehead atoms. The number of carbonyl (C=O) groups is 1. The van der Waals surface area contributed by atoms with E-state index in [4.69, 9.17) is 0 Å². The maximum Gasteiger partial charge on any atom is 0.241 e. The summed E-state index contributed by atoms with van der Waals surface area (Å²) in [6.45, 7) is 9.67. The zero-order chi connectivity index (χ0) is 13.3. The molecule has 0 aromatic heterocycles. The number of amides is 1. The van der Waals surface area contributed by atoms with Crippen molar-refractivity contribution in [1.29, 1.82) is 0 Å². The topological polar surface area (TPSA) is 32.3 Å². The number of nitrogens with zero attached hydrogens (tertiary/aromatic N) is 1. The molecule has 2 aliphatic heterocycles. The second-order valence-corrected chi connectivity index (χ2v) is 8.08. The van der Waals surface area contributed by atoms with Gasteiger partial charge in [-0.1, -0.05) is 13.8 Å². The van der Waals surface area contributed by atoms with Gasteiger partial charge in [0.1, 0.15) is 0 Å². The maximum absolute atomic E-state index is 12.4. The van der Waals surface area contributed by atoms with E-state index < -0.39 is 0 Å². The predicted octanol–water partition coefficient (Wildman–Crippen LogP) is 2.46. The lowest BCUT2D eigenvalue weighted by Gasteiger charge is -2.31. The van der Waals surface area contributed by atoms with Gasteiger partial charge in [-0.25, -0.2) is 0 Å². The Morgan fingerprint density at radius 2 is 2.28 bits per heavy atom. The maximum atomic E-state index is 12.4. The van der Waals surface area contributed by atoms with Crippen molar-refractivity contribution < 1.29 is 4.79 Å². The quantitative estimate of drug-likeness (QED) is 0.852. The van der Waals surface area contributed by atoms with Crippen LogP contribution in [0.2, 0.25) is 0 Å². The minimum Gasteiger partial charge on any atom is -0.325 e. The molecule has 2 heterocycles. The van der Waals surface area contributed by atoms with Crippen LogP contribution >= 0.6 is 11.8 Å². The van der Waals surface area contributed by atoms with Gasteiger partial charge in [0, 0.05) is 11.3 Å². The summed E-state index contributed by atoms with van der Waals surface area (Å²) < 4.78 is 0.276. The molecule has 3 nitrogen and oxygen atoms in total. The summed E-state index contributed by atoms with van der Waals surface area (Å²) in [5.41, 5.74) is 0. The highest BCUT2D eigenvalue weighted by Gasteiger charge is 2.41. The van der Waals surface area contributed by atoms with Crippen molar-refractivity contribution in [3.63, 3.8) is 0 Å². The van der Waals surface area contributed by atoms with E-state index >= 15 is 0 Å². The molecule has 3 atom stereocenters. The Bertz CT molecular complexity index is 313. The van der Waals surface area contributed by atoms with E-state index in [0.717, 1.165) is 13.0 Å². The van der Waals surface area contributed by atoms with E-state index in [1.54, 1.807) is 0 Å². The van der Waals surface area contributed by atoms with Gasteiger partial charge in [0.05, 0.1) is 12.2 Å². The highest BCUT2D eigenvalue weighted by molar-refractivity contribution is 8.00. The summed E-state index contributed by atoms with van der Waals surface area (Å²) in [5, 5.41) is 3.44. The van der Waals surface area contributed by atoms with E-state index in [2.05, 4.69) is 37.9 Å². The average molecular weight is 270 g/mol. The number of nitrogens with one attached hydrogen (secondary N) is 1. The van der Waals surface area contributed by atoms with Crippen LogP contribution in [0.4, 0.5) is 0 Å². The Morgan fingerprint density at radius 3 is 2.83 bits per heavy atom. The molecule has 3 unspecified atom stereocenters. The van der Waals surface area contributed by atoms with Crippen molar-refractivity contribution in [3.05, 3.63) is 0 Å². The summed E-state index contributed by atoms with van der Waals surface area (Å²) >= 11 is 2.03. The van der Waals surface area contributed by atoms with E-state index in [0.29, 0.717) is 11.8 Å². The van der Waals surface area contributed by atoms with Crippen molar-refractivity contribution in [2.75, 3.05) is 12.3 Å². The molecule has 104 valence electrons. The molecular formula is C14H26N2OS. The van der Waals surface area contributed by atoms with Gasteiger partial charge in [0.2, 0.25) is 5.91 Å². The Labute approximate surface area is 115 Å². The first kappa shape index (κ1) is 14.2. The fourth-order valence-electron chi connectivity index (χ4n) is 3.02. The largest absolute Gasteiger partial charge is 0.325 e. The third-order valence-corrected chi connectivity index (χ3v) is 5.53. The van der Waals surface area contributed by atoms with E-state index in [1.165, 1.54) is 18.6 Å². The van der Waals surface area contributed by atoms with E-state index in [1.807, 2.05) is 11.8 Å². The van der Waals surface area contributed by atoms with Crippen molar-refractivity contribution in [1.82, 2.24) is 10.2 Å². The second kappa shape index (κ2) is 5.41. The van der Waals surface area contributed by atoms with Gasteiger partial charge in [-0.05, 0) is 44.8 Å². The van der Waals surface area contributed by atoms with E-state index in [-0.39, 0.29) is 17.0 Å². The van der Waals surface area contributed by atoms with Crippen molar-refractivity contribution in [2.24, 2.45) is 5.92 Å². The number of hydrogen-bond acceptors (Lipinski definition) is 3. The summed E-state index contributed by atoms with van der Waals surface area (Å²) in [7, 11) is 0. The third kappa shape index (κ3) is 3.02. The number of hydrogen-bond donors (Lipinski definition) is 1. The minimum absolute atomic E-state index is 0.0370. The van der Waals surface area contributed by atoms with Crippen molar-refractivity contribution in [2.45, 2.75) is 63.9 Å². The van der Waals surface area contributed by atoms with Crippen LogP contribution < -0.4 is 5.32 Å². The van der Waals surface area contributed by atoms with Crippen LogP contribution in [0.1, 0.15) is 47.0 Å². The molecule has 1 N–H and O–H groups in total. The van der Waals surface area contributed by atoms with Crippen LogP contribution in [0.25, 0.3) is 0 Å². The third-order valence-electron chi connectivity index (χ3n) is 4.00. The summed E-state index contributed by atoms with van der Waals surface area (Å²) in [5.74, 6) is 2.12. The zero-order valence-corrected chi connectivity index (χ0v) is 12.8. The first-order valence-corrected chi connectivity index (χ1v) is 8.10. The molecular weight excluding hydrogens is 244 g/mol. The van der Waals surface area contributed by atoms with Crippen LogP contribution in [-0.2, 0) is 4.79 Å². The molecule has 0 aromatic rings. The molecule has 0 aromatic carbocycles. The lowest BCUT2D eigenvalue weighted by molar-refractivity contribution is -0.130. The fraction of sp³-hybridized carbons (Fsp3) is 0.929. The lowest BCUT2D eigenvalue weighted by atomic mass is 10.0. The second-order valence-electron chi connectivity index (χ2n) is 6.39. The zero-order valence-electron chi connectivity index (χ0n) is 12.0. The fourth-order valence-corrected chi connectivity index (χ4v) is 4.32. The molecule has 2 saturated heterocycles. The van der Waals surface area contributed by atoms with Gasteiger partial charge < -0.3 is 4.90 Å². The van der Waals surface area contributed by atoms with Gasteiger partial charge in [-0.15, -0.1) is 0 Å². The Hall–Kier alpha value is -0.220. The highest BCUT2D eigenvalue weighted by atomic mass is 32.2. The molecule has 0 radical (unpaired) electrons. The van der Waals surface area contributed by atoms with Crippen LogP contribution in [-0.4, -0.2) is 40.1 Å². The Balaban J connectivity index is 1.98. The molecule has 4 heteroatoms. The van der Waals surface area contributed by atoms with Crippen LogP contribution in [0.15, 0.2) is 0 Å². The lowest BCUT2D eigenvalue weighted by Crippen LogP contribution is -2.43. The molecule has 18 heavy (non-hydrogen) atoms. The van der Waals surface area contributed by atoms with Crippen LogP contribution in [0, 0.1) is 5.92 Å². The monoisotopic (exact) mass is 270 g/mol. The normalized spacial score (nSPS) is 36.9. The van der Waals surface area contributed by atoms with Crippen molar-refractivity contribution in [3.8, 4) is 0 Å². The van der Waals surface area contributed by atoms with Gasteiger partial charge in [-0.3, -0.25) is 10.1 Å². The van der Waals surface area contributed by atoms with Gasteiger partial charge in [-0.2, -0.15) is 11.8 Å². The molecule has 0 spiro atoms. The summed E-state index contributed by atoms with van der Waals surface area (Å²) in [4.78, 5) is 14.5. The smallest absolute Gasteiger partial charge is 0.241 e. The number of rotatable bonds is 4. The van der Waals surface area contributed by atoms with Crippen molar-refractivity contribution >= 4 is 17.7 Å². The van der Waals surface area contributed by atoms with Crippen LogP contribution in [0.5, 0.6) is 0 Å². The summed E-state index contributed by atoms with van der Waals surface area (Å²) in [6.07, 6.45) is 3.67. The number of carbonyl (C=O) groups excluding carboxylic acids is 1. The van der Waals surface area contributed by atoms with Crippen LogP contribution in [0.3, 0.4) is 0 Å². The molecule has 0 saturated carbocycles. The van der Waals surface area contributed by atoms with Gasteiger partial charge >= 0.3 is 0 Å². The Kier molecular flexibility index (Phi) is 4.27. The first-order chi connectivity index (χ1) is 8.41. The summed E-state index contributed by atoms with van der Waals surface area (Å²) in [6, 6.07) is 0.0370. The van der Waals surface area contributed by atoms with E-state index in [9.17, 15) is 4.79 Å². The molecule has 2 aliphatic rings. The molecule has 0 aliphatic carbocycles. The minimum atomic E-state index is 0.0370.